The van der Waals surface area contributed by atoms with Crippen molar-refractivity contribution < 1.29 is 4.52 Å². The zero-order valence-electron chi connectivity index (χ0n) is 13.4. The first-order valence-electron chi connectivity index (χ1n) is 8.18. The molecule has 0 N–H and O–H groups in total. The first-order valence-corrected chi connectivity index (χ1v) is 8.18. The van der Waals surface area contributed by atoms with Crippen molar-refractivity contribution in [3.63, 3.8) is 0 Å². The second-order valence-corrected chi connectivity index (χ2v) is 6.35. The summed E-state index contributed by atoms with van der Waals surface area (Å²) in [6.07, 6.45) is 3.62. The standard InChI is InChI=1S/C16H22N6O/c1-13-9-15(23-19-13)12-20-10-14(11-20)21-5-7-22(8-6-21)16-17-3-2-4-18-16/h2-4,9,14H,5-8,10-12H2,1H3. The molecule has 0 aliphatic carbocycles. The molecule has 0 radical (unpaired) electrons. The van der Waals surface area contributed by atoms with E-state index in [1.54, 1.807) is 0 Å². The lowest BCUT2D eigenvalue weighted by Gasteiger charge is -2.47. The third kappa shape index (κ3) is 3.20. The topological polar surface area (TPSA) is 61.5 Å². The molecule has 0 saturated carbocycles. The molecule has 0 unspecified atom stereocenters. The molecule has 2 aliphatic heterocycles. The Hall–Kier alpha value is -1.99. The van der Waals surface area contributed by atoms with Gasteiger partial charge in [0.1, 0.15) is 0 Å². The molecule has 2 aromatic rings. The molecule has 2 aromatic heterocycles. The van der Waals surface area contributed by atoms with Crippen LogP contribution in [0.3, 0.4) is 0 Å². The SMILES string of the molecule is Cc1cc(CN2CC(N3CCN(c4ncccn4)CC3)C2)on1. The van der Waals surface area contributed by atoms with Crippen molar-refractivity contribution in [2.24, 2.45) is 0 Å². The molecule has 4 rings (SSSR count). The maximum Gasteiger partial charge on any atom is 0.225 e. The molecule has 23 heavy (non-hydrogen) atoms. The summed E-state index contributed by atoms with van der Waals surface area (Å²) in [5.41, 5.74) is 0.955. The zero-order chi connectivity index (χ0) is 15.6. The molecule has 7 heteroatoms. The molecule has 0 amide bonds. The first-order chi connectivity index (χ1) is 11.3. The summed E-state index contributed by atoms with van der Waals surface area (Å²) < 4.78 is 5.29. The van der Waals surface area contributed by atoms with Crippen molar-refractivity contribution in [3.8, 4) is 0 Å². The van der Waals surface area contributed by atoms with Gasteiger partial charge in [-0.25, -0.2) is 9.97 Å². The molecule has 0 spiro atoms. The number of piperazine rings is 1. The fourth-order valence-corrected chi connectivity index (χ4v) is 3.36. The Labute approximate surface area is 135 Å². The summed E-state index contributed by atoms with van der Waals surface area (Å²) in [4.78, 5) is 15.9. The summed E-state index contributed by atoms with van der Waals surface area (Å²) in [5, 5.41) is 3.94. The molecule has 0 aromatic carbocycles. The number of aryl methyl sites for hydroxylation is 1. The maximum atomic E-state index is 5.29. The van der Waals surface area contributed by atoms with Crippen LogP contribution < -0.4 is 4.90 Å². The van der Waals surface area contributed by atoms with E-state index in [0.29, 0.717) is 6.04 Å². The molecule has 0 bridgehead atoms. The molecule has 7 nitrogen and oxygen atoms in total. The number of rotatable bonds is 4. The molecule has 2 aliphatic rings. The largest absolute Gasteiger partial charge is 0.360 e. The Morgan fingerprint density at radius 3 is 2.52 bits per heavy atom. The summed E-state index contributed by atoms with van der Waals surface area (Å²) in [6.45, 7) is 9.22. The van der Waals surface area contributed by atoms with E-state index in [1.807, 2.05) is 31.5 Å². The highest BCUT2D eigenvalue weighted by Crippen LogP contribution is 2.20. The van der Waals surface area contributed by atoms with Gasteiger partial charge in [-0.15, -0.1) is 0 Å². The lowest BCUT2D eigenvalue weighted by Crippen LogP contribution is -2.62. The highest BCUT2D eigenvalue weighted by atomic mass is 16.5. The van der Waals surface area contributed by atoms with Crippen LogP contribution in [0, 0.1) is 6.92 Å². The summed E-state index contributed by atoms with van der Waals surface area (Å²) >= 11 is 0. The van der Waals surface area contributed by atoms with Crippen LogP contribution in [0.1, 0.15) is 11.5 Å². The van der Waals surface area contributed by atoms with Crippen molar-refractivity contribution in [1.82, 2.24) is 24.9 Å². The molecular formula is C16H22N6O. The number of aromatic nitrogens is 3. The summed E-state index contributed by atoms with van der Waals surface area (Å²) in [6, 6.07) is 4.54. The normalized spacial score (nSPS) is 20.7. The minimum absolute atomic E-state index is 0.665. The lowest BCUT2D eigenvalue weighted by molar-refractivity contribution is 0.0205. The van der Waals surface area contributed by atoms with E-state index < -0.39 is 0 Å². The highest BCUT2D eigenvalue weighted by Gasteiger charge is 2.34. The van der Waals surface area contributed by atoms with Gasteiger partial charge in [0, 0.05) is 63.8 Å². The Morgan fingerprint density at radius 1 is 1.13 bits per heavy atom. The van der Waals surface area contributed by atoms with Gasteiger partial charge in [-0.05, 0) is 13.0 Å². The molecule has 4 heterocycles. The Morgan fingerprint density at radius 2 is 1.87 bits per heavy atom. The van der Waals surface area contributed by atoms with E-state index in [4.69, 9.17) is 4.52 Å². The van der Waals surface area contributed by atoms with Crippen molar-refractivity contribution in [2.75, 3.05) is 44.2 Å². The summed E-state index contributed by atoms with van der Waals surface area (Å²) in [7, 11) is 0. The maximum absolute atomic E-state index is 5.29. The van der Waals surface area contributed by atoms with Crippen LogP contribution in [0.5, 0.6) is 0 Å². The fourth-order valence-electron chi connectivity index (χ4n) is 3.36. The van der Waals surface area contributed by atoms with Crippen LogP contribution in [0.15, 0.2) is 29.0 Å². The van der Waals surface area contributed by atoms with Crippen LogP contribution in [-0.2, 0) is 6.54 Å². The van der Waals surface area contributed by atoms with Gasteiger partial charge in [0.05, 0.1) is 12.2 Å². The van der Waals surface area contributed by atoms with E-state index >= 15 is 0 Å². The Balaban J connectivity index is 1.23. The quantitative estimate of drug-likeness (QED) is 0.826. The average Bonchev–Trinajstić information content (AvgIpc) is 2.97. The van der Waals surface area contributed by atoms with Crippen molar-refractivity contribution >= 4 is 5.95 Å². The van der Waals surface area contributed by atoms with Crippen LogP contribution in [0.2, 0.25) is 0 Å². The van der Waals surface area contributed by atoms with Gasteiger partial charge in [-0.1, -0.05) is 5.16 Å². The van der Waals surface area contributed by atoms with E-state index in [2.05, 4.69) is 29.8 Å². The molecule has 0 atom stereocenters. The second kappa shape index (κ2) is 6.25. The third-order valence-corrected chi connectivity index (χ3v) is 4.66. The monoisotopic (exact) mass is 314 g/mol. The summed E-state index contributed by atoms with van der Waals surface area (Å²) in [5.74, 6) is 1.81. The van der Waals surface area contributed by atoms with E-state index in [0.717, 1.165) is 63.2 Å². The van der Waals surface area contributed by atoms with Gasteiger partial charge >= 0.3 is 0 Å². The van der Waals surface area contributed by atoms with Gasteiger partial charge in [0.15, 0.2) is 5.76 Å². The highest BCUT2D eigenvalue weighted by molar-refractivity contribution is 5.29. The van der Waals surface area contributed by atoms with Crippen molar-refractivity contribution in [1.29, 1.82) is 0 Å². The molecule has 2 saturated heterocycles. The van der Waals surface area contributed by atoms with Crippen LogP contribution in [0.4, 0.5) is 5.95 Å². The van der Waals surface area contributed by atoms with Crippen molar-refractivity contribution in [2.45, 2.75) is 19.5 Å². The number of anilines is 1. The third-order valence-electron chi connectivity index (χ3n) is 4.66. The van der Waals surface area contributed by atoms with Gasteiger partial charge in [0.25, 0.3) is 0 Å². The molecule has 122 valence electrons. The van der Waals surface area contributed by atoms with Crippen LogP contribution >= 0.6 is 0 Å². The van der Waals surface area contributed by atoms with Crippen LogP contribution in [-0.4, -0.2) is 70.2 Å². The second-order valence-electron chi connectivity index (χ2n) is 6.35. The van der Waals surface area contributed by atoms with Gasteiger partial charge in [0.2, 0.25) is 5.95 Å². The predicted molar refractivity (Wildman–Crippen MR) is 86.1 cm³/mol. The average molecular weight is 314 g/mol. The van der Waals surface area contributed by atoms with E-state index in [9.17, 15) is 0 Å². The zero-order valence-corrected chi connectivity index (χ0v) is 13.4. The van der Waals surface area contributed by atoms with Crippen LogP contribution in [0.25, 0.3) is 0 Å². The Bertz CT molecular complexity index is 631. The number of hydrogen-bond donors (Lipinski definition) is 0. The Kier molecular flexibility index (Phi) is 3.97. The number of nitrogens with zero attached hydrogens (tertiary/aromatic N) is 6. The number of likely N-dealkylation sites (tertiary alicyclic amines) is 1. The van der Waals surface area contributed by atoms with Gasteiger partial charge in [-0.2, -0.15) is 0 Å². The molecule has 2 fully saturated rings. The van der Waals surface area contributed by atoms with Crippen molar-refractivity contribution in [3.05, 3.63) is 36.0 Å². The van der Waals surface area contributed by atoms with Gasteiger partial charge < -0.3 is 9.42 Å². The minimum Gasteiger partial charge on any atom is -0.360 e. The molecular weight excluding hydrogens is 292 g/mol. The smallest absolute Gasteiger partial charge is 0.225 e. The minimum atomic E-state index is 0.665. The number of hydrogen-bond acceptors (Lipinski definition) is 7. The predicted octanol–water partition coefficient (Wildman–Crippen LogP) is 0.779. The first kappa shape index (κ1) is 14.6. The lowest BCUT2D eigenvalue weighted by atomic mass is 10.1. The van der Waals surface area contributed by atoms with E-state index in [1.165, 1.54) is 0 Å². The fraction of sp³-hybridized carbons (Fsp3) is 0.562. The van der Waals surface area contributed by atoms with Gasteiger partial charge in [-0.3, -0.25) is 9.80 Å². The van der Waals surface area contributed by atoms with E-state index in [-0.39, 0.29) is 0 Å².